The van der Waals surface area contributed by atoms with Crippen LogP contribution in [0.4, 0.5) is 10.5 Å². The van der Waals surface area contributed by atoms with Crippen LogP contribution in [0.5, 0.6) is 5.75 Å². The minimum absolute atomic E-state index is 0.0882. The van der Waals surface area contributed by atoms with Crippen molar-refractivity contribution >= 4 is 29.2 Å². The number of nitrogens with one attached hydrogen (secondary N) is 1. The van der Waals surface area contributed by atoms with Gasteiger partial charge in [-0.1, -0.05) is 29.8 Å². The largest absolute Gasteiger partial charge is 0.496 e. The van der Waals surface area contributed by atoms with Crippen molar-refractivity contribution in [1.82, 2.24) is 14.4 Å². The third-order valence-electron chi connectivity index (χ3n) is 6.07. The van der Waals surface area contributed by atoms with E-state index in [1.807, 2.05) is 47.5 Å². The number of amides is 3. The van der Waals surface area contributed by atoms with Gasteiger partial charge in [-0.05, 0) is 42.5 Å². The van der Waals surface area contributed by atoms with Crippen LogP contribution in [0.1, 0.15) is 17.3 Å². The maximum absolute atomic E-state index is 13.7. The summed E-state index contributed by atoms with van der Waals surface area (Å²) in [6.45, 7) is 1.68. The predicted molar refractivity (Wildman–Crippen MR) is 135 cm³/mol. The van der Waals surface area contributed by atoms with Crippen LogP contribution in [-0.2, 0) is 16.1 Å². The Morgan fingerprint density at radius 3 is 2.57 bits per heavy atom. The summed E-state index contributed by atoms with van der Waals surface area (Å²) < 4.78 is 13.0. The molecule has 0 saturated carbocycles. The van der Waals surface area contributed by atoms with Gasteiger partial charge in [-0.3, -0.25) is 4.79 Å². The molecule has 4 rings (SSSR count). The minimum atomic E-state index is -0.382. The lowest BCUT2D eigenvalue weighted by molar-refractivity contribution is -0.134. The van der Waals surface area contributed by atoms with Crippen LogP contribution in [0.3, 0.4) is 0 Å². The van der Waals surface area contributed by atoms with Crippen molar-refractivity contribution in [3.05, 3.63) is 83.1 Å². The number of benzene rings is 2. The maximum atomic E-state index is 13.7. The Morgan fingerprint density at radius 2 is 1.83 bits per heavy atom. The average Bonchev–Trinajstić information content (AvgIpc) is 3.36. The fourth-order valence-corrected chi connectivity index (χ4v) is 4.44. The number of aromatic nitrogens is 1. The first-order chi connectivity index (χ1) is 17.0. The highest BCUT2D eigenvalue weighted by molar-refractivity contribution is 6.30. The second kappa shape index (κ2) is 11.3. The van der Waals surface area contributed by atoms with Crippen LogP contribution in [0.15, 0.2) is 66.9 Å². The molecule has 1 atom stereocenters. The number of halogens is 1. The van der Waals surface area contributed by atoms with Gasteiger partial charge in [0.1, 0.15) is 18.3 Å². The Morgan fingerprint density at radius 1 is 1.06 bits per heavy atom. The van der Waals surface area contributed by atoms with Crippen molar-refractivity contribution in [2.24, 2.45) is 0 Å². The predicted octanol–water partition coefficient (Wildman–Crippen LogP) is 4.26. The molecule has 1 aliphatic heterocycles. The van der Waals surface area contributed by atoms with Crippen molar-refractivity contribution in [3.63, 3.8) is 0 Å². The Labute approximate surface area is 210 Å². The van der Waals surface area contributed by atoms with Crippen LogP contribution in [0.25, 0.3) is 0 Å². The molecule has 8 nitrogen and oxygen atoms in total. The SMILES string of the molecule is COCCN(CC(=O)N1CCn2cccc2C1c1ccccc1OC)C(=O)Nc1ccc(Cl)cc1. The number of carbonyl (C=O) groups is 2. The number of fused-ring (bicyclic) bond motifs is 1. The van der Waals surface area contributed by atoms with Crippen molar-refractivity contribution in [1.29, 1.82) is 0 Å². The topological polar surface area (TPSA) is 76.0 Å². The summed E-state index contributed by atoms with van der Waals surface area (Å²) >= 11 is 5.95. The monoisotopic (exact) mass is 496 g/mol. The number of anilines is 1. The number of rotatable bonds is 8. The van der Waals surface area contributed by atoms with Gasteiger partial charge in [0.05, 0.1) is 13.7 Å². The molecule has 0 aliphatic carbocycles. The van der Waals surface area contributed by atoms with Gasteiger partial charge in [0.15, 0.2) is 0 Å². The number of carbonyl (C=O) groups excluding carboxylic acids is 2. The number of hydrogen-bond acceptors (Lipinski definition) is 4. The number of nitrogens with zero attached hydrogens (tertiary/aromatic N) is 3. The van der Waals surface area contributed by atoms with Crippen molar-refractivity contribution in [3.8, 4) is 5.75 Å². The lowest BCUT2D eigenvalue weighted by atomic mass is 9.98. The first-order valence-electron chi connectivity index (χ1n) is 11.4. The molecule has 35 heavy (non-hydrogen) atoms. The fourth-order valence-electron chi connectivity index (χ4n) is 4.32. The van der Waals surface area contributed by atoms with Gasteiger partial charge in [0.2, 0.25) is 5.91 Å². The van der Waals surface area contributed by atoms with Crippen molar-refractivity contribution in [2.75, 3.05) is 45.8 Å². The highest BCUT2D eigenvalue weighted by Gasteiger charge is 2.35. The van der Waals surface area contributed by atoms with Crippen molar-refractivity contribution < 1.29 is 19.1 Å². The van der Waals surface area contributed by atoms with E-state index < -0.39 is 0 Å². The second-order valence-corrected chi connectivity index (χ2v) is 8.65. The smallest absolute Gasteiger partial charge is 0.322 e. The normalized spacial score (nSPS) is 14.8. The third-order valence-corrected chi connectivity index (χ3v) is 6.32. The second-order valence-electron chi connectivity index (χ2n) is 8.21. The zero-order chi connectivity index (χ0) is 24.8. The van der Waals surface area contributed by atoms with E-state index in [0.29, 0.717) is 36.2 Å². The van der Waals surface area contributed by atoms with E-state index in [1.54, 1.807) is 38.5 Å². The molecule has 0 fully saturated rings. The molecule has 0 bridgehead atoms. The maximum Gasteiger partial charge on any atom is 0.322 e. The minimum Gasteiger partial charge on any atom is -0.496 e. The van der Waals surface area contributed by atoms with E-state index in [1.165, 1.54) is 4.90 Å². The number of urea groups is 1. The Hall–Kier alpha value is -3.49. The van der Waals surface area contributed by atoms with E-state index in [0.717, 1.165) is 11.3 Å². The molecule has 3 aromatic rings. The summed E-state index contributed by atoms with van der Waals surface area (Å²) in [5, 5.41) is 3.41. The molecule has 3 amide bonds. The first kappa shape index (κ1) is 24.6. The van der Waals surface area contributed by atoms with E-state index in [4.69, 9.17) is 21.1 Å². The Kier molecular flexibility index (Phi) is 7.94. The van der Waals surface area contributed by atoms with Gasteiger partial charge >= 0.3 is 6.03 Å². The van der Waals surface area contributed by atoms with Gasteiger partial charge in [-0.25, -0.2) is 4.79 Å². The molecule has 1 N–H and O–H groups in total. The van der Waals surface area contributed by atoms with E-state index in [-0.39, 0.29) is 31.1 Å². The zero-order valence-electron chi connectivity index (χ0n) is 19.8. The van der Waals surface area contributed by atoms with Crippen LogP contribution in [-0.4, -0.2) is 66.8 Å². The molecule has 1 aliphatic rings. The van der Waals surface area contributed by atoms with Crippen LogP contribution in [0, 0.1) is 0 Å². The fraction of sp³-hybridized carbons (Fsp3) is 0.308. The quantitative estimate of drug-likeness (QED) is 0.505. The van der Waals surface area contributed by atoms with Gasteiger partial charge in [-0.15, -0.1) is 0 Å². The van der Waals surface area contributed by atoms with Gasteiger partial charge in [-0.2, -0.15) is 0 Å². The zero-order valence-corrected chi connectivity index (χ0v) is 20.6. The summed E-state index contributed by atoms with van der Waals surface area (Å²) in [5.41, 5.74) is 2.50. The highest BCUT2D eigenvalue weighted by Crippen LogP contribution is 2.37. The Balaban J connectivity index is 1.58. The summed E-state index contributed by atoms with van der Waals surface area (Å²) in [4.78, 5) is 30.0. The lowest BCUT2D eigenvalue weighted by Gasteiger charge is -2.38. The van der Waals surface area contributed by atoms with Crippen LogP contribution < -0.4 is 10.1 Å². The molecule has 2 heterocycles. The molecule has 2 aromatic carbocycles. The molecule has 1 aromatic heterocycles. The van der Waals surface area contributed by atoms with E-state index >= 15 is 0 Å². The standard InChI is InChI=1S/C26H29ClN4O4/c1-34-17-16-30(26(33)28-20-11-9-19(27)10-12-20)18-24(32)31-15-14-29-13-5-7-22(29)25(31)21-6-3-4-8-23(21)35-2/h3-13,25H,14-18H2,1-2H3,(H,28,33). The molecule has 0 saturated heterocycles. The summed E-state index contributed by atoms with van der Waals surface area (Å²) in [6, 6.07) is 17.8. The summed E-state index contributed by atoms with van der Waals surface area (Å²) in [5.74, 6) is 0.553. The van der Waals surface area contributed by atoms with Gasteiger partial charge < -0.3 is 29.2 Å². The van der Waals surface area contributed by atoms with Gasteiger partial charge in [0.25, 0.3) is 0 Å². The highest BCUT2D eigenvalue weighted by atomic mass is 35.5. The van der Waals surface area contributed by atoms with Crippen LogP contribution in [0.2, 0.25) is 5.02 Å². The molecule has 9 heteroatoms. The molecule has 0 spiro atoms. The molecular formula is C26H29ClN4O4. The summed E-state index contributed by atoms with van der Waals surface area (Å²) in [6.07, 6.45) is 2.02. The lowest BCUT2D eigenvalue weighted by Crippen LogP contribution is -2.49. The molecule has 0 radical (unpaired) electrons. The van der Waals surface area contributed by atoms with E-state index in [2.05, 4.69) is 9.88 Å². The van der Waals surface area contributed by atoms with Gasteiger partial charge in [0, 0.05) is 54.9 Å². The van der Waals surface area contributed by atoms with Crippen LogP contribution >= 0.6 is 11.6 Å². The summed E-state index contributed by atoms with van der Waals surface area (Å²) in [7, 11) is 3.19. The molecular weight excluding hydrogens is 468 g/mol. The average molecular weight is 497 g/mol. The number of hydrogen-bond donors (Lipinski definition) is 1. The Bertz CT molecular complexity index is 1160. The van der Waals surface area contributed by atoms with E-state index in [9.17, 15) is 9.59 Å². The first-order valence-corrected chi connectivity index (χ1v) is 11.8. The van der Waals surface area contributed by atoms with Crippen molar-refractivity contribution in [2.45, 2.75) is 12.6 Å². The molecule has 184 valence electrons. The number of methoxy groups -OCH3 is 2. The third kappa shape index (κ3) is 5.61. The number of ether oxygens (including phenoxy) is 2. The number of para-hydroxylation sites is 1. The molecule has 1 unspecified atom stereocenters.